The number of benzene rings is 1. The van der Waals surface area contributed by atoms with Gasteiger partial charge in [-0.1, -0.05) is 37.8 Å². The van der Waals surface area contributed by atoms with Crippen molar-refractivity contribution in [2.75, 3.05) is 46.7 Å². The molecule has 8 nitrogen and oxygen atoms in total. The van der Waals surface area contributed by atoms with Crippen molar-refractivity contribution in [3.8, 4) is 18.6 Å². The number of hydrogen-bond donors (Lipinski definition) is 3. The molecule has 2 amide bonds. The summed E-state index contributed by atoms with van der Waals surface area (Å²) in [6.07, 6.45) is 13.5. The number of pyridine rings is 1. The highest BCUT2D eigenvalue weighted by atomic mass is 16.5. The molecule has 0 bridgehead atoms. The van der Waals surface area contributed by atoms with Gasteiger partial charge in [0.25, 0.3) is 0 Å². The highest BCUT2D eigenvalue weighted by Gasteiger charge is 2.14. The second kappa shape index (κ2) is 16.4. The number of para-hydroxylation sites is 1. The predicted octanol–water partition coefficient (Wildman–Crippen LogP) is 3.93. The Morgan fingerprint density at radius 3 is 2.45 bits per heavy atom. The van der Waals surface area contributed by atoms with Crippen molar-refractivity contribution in [2.45, 2.75) is 20.3 Å². The molecule has 8 heteroatoms. The number of nitrogens with one attached hydrogen (secondary N) is 3. The zero-order chi connectivity index (χ0) is 28.7. The largest absolute Gasteiger partial charge is 0.496 e. The molecule has 0 fully saturated rings. The van der Waals surface area contributed by atoms with Gasteiger partial charge in [-0.15, -0.1) is 12.8 Å². The number of allylic oxidation sites excluding steroid dienone is 3. The van der Waals surface area contributed by atoms with Gasteiger partial charge in [-0.25, -0.2) is 4.98 Å². The molecule has 0 aliphatic carbocycles. The Morgan fingerprint density at radius 1 is 1.16 bits per heavy atom. The lowest BCUT2D eigenvalue weighted by Crippen LogP contribution is -2.35. The van der Waals surface area contributed by atoms with Gasteiger partial charge in [-0.05, 0) is 48.4 Å². The van der Waals surface area contributed by atoms with Gasteiger partial charge in [0.15, 0.2) is 0 Å². The minimum atomic E-state index is -0.198. The van der Waals surface area contributed by atoms with Crippen molar-refractivity contribution < 1.29 is 14.3 Å². The molecular formula is C30H39N5O3. The van der Waals surface area contributed by atoms with Crippen LogP contribution in [0.3, 0.4) is 0 Å². The standard InChI is InChI=1S/C28H37N5O3.C2H2/c1-8-30-18-26(34)32-22(16-27(35)33(5)6)14-13-19(2)21-15-24(28(29-4)31-17-21)20(3)23-11-9-10-12-25(23)36-7;1-2/h9-15,17,30H,3,8,16,18H2,1-2,4-7H3,(H,29,31)(H,32,34);1-2H/b19-13+,22-14+;. The zero-order valence-electron chi connectivity index (χ0n) is 23.2. The summed E-state index contributed by atoms with van der Waals surface area (Å²) < 4.78 is 5.52. The first-order chi connectivity index (χ1) is 18.2. The molecule has 3 N–H and O–H groups in total. The molecule has 0 radical (unpaired) electrons. The number of likely N-dealkylation sites (N-methyl/N-ethyl adjacent to an activating group) is 1. The molecular weight excluding hydrogens is 478 g/mol. The number of aromatic nitrogens is 1. The average molecular weight is 518 g/mol. The fraction of sp³-hybridized carbons (Fsp3) is 0.300. The first-order valence-corrected chi connectivity index (χ1v) is 12.1. The summed E-state index contributed by atoms with van der Waals surface area (Å²) in [6.45, 7) is 9.04. The number of carbonyl (C=O) groups excluding carboxylic acids is 2. The lowest BCUT2D eigenvalue weighted by atomic mass is 9.96. The Morgan fingerprint density at radius 2 is 1.84 bits per heavy atom. The van der Waals surface area contributed by atoms with Crippen LogP contribution in [-0.4, -0.2) is 63.0 Å². The first kappa shape index (κ1) is 31.7. The van der Waals surface area contributed by atoms with Gasteiger partial charge >= 0.3 is 0 Å². The molecule has 0 aliphatic rings. The van der Waals surface area contributed by atoms with E-state index in [0.29, 0.717) is 18.1 Å². The zero-order valence-corrected chi connectivity index (χ0v) is 23.2. The summed E-state index contributed by atoms with van der Waals surface area (Å²) >= 11 is 0. The van der Waals surface area contributed by atoms with Crippen LogP contribution in [0.1, 0.15) is 37.0 Å². The van der Waals surface area contributed by atoms with E-state index in [1.165, 1.54) is 4.90 Å². The van der Waals surface area contributed by atoms with E-state index < -0.39 is 0 Å². The van der Waals surface area contributed by atoms with Crippen LogP contribution in [-0.2, 0) is 9.59 Å². The Bertz CT molecular complexity index is 1200. The van der Waals surface area contributed by atoms with Crippen molar-refractivity contribution in [3.63, 3.8) is 0 Å². The maximum atomic E-state index is 12.3. The SMILES string of the molecule is C#C.C=C(c1ccccc1OC)c1cc(/C(C)=C/C=C(\CC(=O)N(C)C)NC(=O)CNCC)cnc1NC. The van der Waals surface area contributed by atoms with Crippen LogP contribution in [0.15, 0.2) is 61.0 Å². The lowest BCUT2D eigenvalue weighted by molar-refractivity contribution is -0.128. The van der Waals surface area contributed by atoms with E-state index in [9.17, 15) is 9.59 Å². The molecule has 38 heavy (non-hydrogen) atoms. The van der Waals surface area contributed by atoms with Crippen molar-refractivity contribution >= 4 is 28.8 Å². The van der Waals surface area contributed by atoms with Crippen LogP contribution in [0.25, 0.3) is 11.1 Å². The smallest absolute Gasteiger partial charge is 0.238 e. The number of carbonyl (C=O) groups is 2. The number of nitrogens with zero attached hydrogens (tertiary/aromatic N) is 2. The molecule has 0 spiro atoms. The van der Waals surface area contributed by atoms with Crippen LogP contribution in [0.5, 0.6) is 5.75 Å². The fourth-order valence-electron chi connectivity index (χ4n) is 3.40. The van der Waals surface area contributed by atoms with Crippen LogP contribution in [0, 0.1) is 12.8 Å². The molecule has 0 aliphatic heterocycles. The van der Waals surface area contributed by atoms with Crippen molar-refractivity contribution in [1.82, 2.24) is 20.5 Å². The third-order valence-electron chi connectivity index (χ3n) is 5.55. The molecule has 0 saturated carbocycles. The number of rotatable bonds is 12. The Hall–Kier alpha value is -4.35. The van der Waals surface area contributed by atoms with Crippen LogP contribution in [0.2, 0.25) is 0 Å². The number of amides is 2. The Labute approximate surface area is 226 Å². The fourth-order valence-corrected chi connectivity index (χ4v) is 3.40. The average Bonchev–Trinajstić information content (AvgIpc) is 2.94. The van der Waals surface area contributed by atoms with Gasteiger partial charge in [-0.2, -0.15) is 0 Å². The molecule has 0 saturated heterocycles. The molecule has 0 atom stereocenters. The van der Waals surface area contributed by atoms with E-state index >= 15 is 0 Å². The van der Waals surface area contributed by atoms with Gasteiger partial charge in [0, 0.05) is 44.2 Å². The second-order valence-corrected chi connectivity index (χ2v) is 8.38. The van der Waals surface area contributed by atoms with E-state index in [-0.39, 0.29) is 24.8 Å². The maximum absolute atomic E-state index is 12.3. The topological polar surface area (TPSA) is 95.6 Å². The predicted molar refractivity (Wildman–Crippen MR) is 157 cm³/mol. The Kier molecular flexibility index (Phi) is 13.7. The Balaban J connectivity index is 0.00000352. The lowest BCUT2D eigenvalue weighted by Gasteiger charge is -2.16. The van der Waals surface area contributed by atoms with Crippen molar-refractivity contribution in [1.29, 1.82) is 0 Å². The number of anilines is 1. The molecule has 1 aromatic heterocycles. The summed E-state index contributed by atoms with van der Waals surface area (Å²) in [7, 11) is 6.82. The molecule has 2 aromatic rings. The summed E-state index contributed by atoms with van der Waals surface area (Å²) in [6, 6.07) is 9.73. The van der Waals surface area contributed by atoms with Gasteiger partial charge in [0.05, 0.1) is 20.1 Å². The second-order valence-electron chi connectivity index (χ2n) is 8.38. The van der Waals surface area contributed by atoms with Gasteiger partial charge in [0.2, 0.25) is 11.8 Å². The molecule has 0 unspecified atom stereocenters. The summed E-state index contributed by atoms with van der Waals surface area (Å²) in [5.41, 5.74) is 4.82. The van der Waals surface area contributed by atoms with Gasteiger partial charge in [0.1, 0.15) is 11.6 Å². The number of terminal acetylenes is 1. The molecule has 202 valence electrons. The summed E-state index contributed by atoms with van der Waals surface area (Å²) in [5.74, 6) is 1.13. The monoisotopic (exact) mass is 517 g/mol. The third-order valence-corrected chi connectivity index (χ3v) is 5.55. The van der Waals surface area contributed by atoms with E-state index in [1.807, 2.05) is 57.3 Å². The number of hydrogen-bond acceptors (Lipinski definition) is 6. The molecule has 1 aromatic carbocycles. The maximum Gasteiger partial charge on any atom is 0.238 e. The number of ether oxygens (including phenoxy) is 1. The van der Waals surface area contributed by atoms with Gasteiger partial charge < -0.3 is 25.6 Å². The molecule has 1 heterocycles. The third kappa shape index (κ3) is 9.26. The van der Waals surface area contributed by atoms with Crippen LogP contribution < -0.4 is 20.7 Å². The van der Waals surface area contributed by atoms with Crippen LogP contribution in [0.4, 0.5) is 5.82 Å². The summed E-state index contributed by atoms with van der Waals surface area (Å²) in [5, 5.41) is 8.96. The van der Waals surface area contributed by atoms with E-state index in [1.54, 1.807) is 33.5 Å². The van der Waals surface area contributed by atoms with Crippen molar-refractivity contribution in [2.24, 2.45) is 0 Å². The van der Waals surface area contributed by atoms with Crippen molar-refractivity contribution in [3.05, 3.63) is 77.6 Å². The first-order valence-electron chi connectivity index (χ1n) is 12.1. The van der Waals surface area contributed by atoms with E-state index in [2.05, 4.69) is 40.4 Å². The summed E-state index contributed by atoms with van der Waals surface area (Å²) in [4.78, 5) is 30.6. The van der Waals surface area contributed by atoms with E-state index in [4.69, 9.17) is 4.74 Å². The van der Waals surface area contributed by atoms with E-state index in [0.717, 1.165) is 33.6 Å². The quantitative estimate of drug-likeness (QED) is 0.292. The van der Waals surface area contributed by atoms with Gasteiger partial charge in [-0.3, -0.25) is 9.59 Å². The minimum absolute atomic E-state index is 0.0848. The minimum Gasteiger partial charge on any atom is -0.496 e. The highest BCUT2D eigenvalue weighted by molar-refractivity contribution is 5.87. The van der Waals surface area contributed by atoms with Crippen LogP contribution >= 0.6 is 0 Å². The highest BCUT2D eigenvalue weighted by Crippen LogP contribution is 2.33. The normalized spacial score (nSPS) is 11.1. The molecule has 2 rings (SSSR count). The number of methoxy groups -OCH3 is 1.